The van der Waals surface area contributed by atoms with Crippen LogP contribution in [0.3, 0.4) is 0 Å². The van der Waals surface area contributed by atoms with E-state index in [1.54, 1.807) is 48.5 Å². The lowest BCUT2D eigenvalue weighted by Crippen LogP contribution is -2.24. The van der Waals surface area contributed by atoms with Crippen LogP contribution in [-0.2, 0) is 4.79 Å². The second-order valence-corrected chi connectivity index (χ2v) is 6.26. The zero-order chi connectivity index (χ0) is 19.6. The fourth-order valence-electron chi connectivity index (χ4n) is 2.53. The number of benzene rings is 2. The largest absolute Gasteiger partial charge is 0.352 e. The summed E-state index contributed by atoms with van der Waals surface area (Å²) in [5, 5.41) is 8.32. The van der Waals surface area contributed by atoms with Crippen molar-refractivity contribution in [3.8, 4) is 0 Å². The Morgan fingerprint density at radius 3 is 2.00 bits per heavy atom. The third-order valence-corrected chi connectivity index (χ3v) is 3.92. The Morgan fingerprint density at radius 2 is 1.41 bits per heavy atom. The normalized spacial score (nSPS) is 10.1. The number of nitrogens with one attached hydrogen (secondary N) is 3. The van der Waals surface area contributed by atoms with Gasteiger partial charge >= 0.3 is 0 Å². The van der Waals surface area contributed by atoms with Gasteiger partial charge in [0, 0.05) is 36.0 Å². The van der Waals surface area contributed by atoms with Crippen molar-refractivity contribution >= 4 is 29.1 Å². The molecule has 0 atom stereocenters. The minimum Gasteiger partial charge on any atom is -0.352 e. The van der Waals surface area contributed by atoms with Crippen LogP contribution in [0.2, 0.25) is 0 Å². The smallest absolute Gasteiger partial charge is 0.255 e. The Kier molecular flexibility index (Phi) is 7.55. The molecule has 0 radical (unpaired) electrons. The number of carbonyl (C=O) groups is 3. The molecule has 0 aliphatic carbocycles. The molecule has 27 heavy (non-hydrogen) atoms. The highest BCUT2D eigenvalue weighted by Crippen LogP contribution is 2.16. The summed E-state index contributed by atoms with van der Waals surface area (Å²) in [4.78, 5) is 35.6. The van der Waals surface area contributed by atoms with Gasteiger partial charge in [-0.3, -0.25) is 14.4 Å². The highest BCUT2D eigenvalue weighted by atomic mass is 16.2. The number of unbranched alkanes of at least 4 members (excludes halogenated alkanes) is 2. The molecule has 0 saturated carbocycles. The van der Waals surface area contributed by atoms with Crippen LogP contribution in [0.1, 0.15) is 53.8 Å². The molecule has 2 aromatic carbocycles. The molecule has 0 heterocycles. The van der Waals surface area contributed by atoms with E-state index in [9.17, 15) is 14.4 Å². The molecular weight excluding hydrogens is 342 g/mol. The maximum absolute atomic E-state index is 12.4. The van der Waals surface area contributed by atoms with Gasteiger partial charge in [0.1, 0.15) is 0 Å². The number of rotatable bonds is 8. The Labute approximate surface area is 159 Å². The fraction of sp³-hybridized carbons (Fsp3) is 0.286. The predicted octanol–water partition coefficient (Wildman–Crippen LogP) is 3.82. The maximum Gasteiger partial charge on any atom is 0.255 e. The third-order valence-electron chi connectivity index (χ3n) is 3.92. The van der Waals surface area contributed by atoms with Crippen LogP contribution in [0.15, 0.2) is 48.5 Å². The molecule has 2 rings (SSSR count). The molecule has 0 unspecified atom stereocenters. The number of hydrogen-bond acceptors (Lipinski definition) is 3. The number of carbonyl (C=O) groups excluding carboxylic acids is 3. The second kappa shape index (κ2) is 10.1. The average Bonchev–Trinajstić information content (AvgIpc) is 2.65. The van der Waals surface area contributed by atoms with Crippen molar-refractivity contribution in [2.45, 2.75) is 33.1 Å². The van der Waals surface area contributed by atoms with Crippen molar-refractivity contribution in [2.75, 3.05) is 17.2 Å². The van der Waals surface area contributed by atoms with Crippen molar-refractivity contribution < 1.29 is 14.4 Å². The molecule has 0 spiro atoms. The van der Waals surface area contributed by atoms with E-state index in [1.165, 1.54) is 6.92 Å². The van der Waals surface area contributed by atoms with Crippen LogP contribution in [0, 0.1) is 0 Å². The third kappa shape index (κ3) is 6.58. The van der Waals surface area contributed by atoms with Crippen molar-refractivity contribution in [3.63, 3.8) is 0 Å². The Morgan fingerprint density at radius 1 is 0.815 bits per heavy atom. The van der Waals surface area contributed by atoms with Crippen LogP contribution in [0.25, 0.3) is 0 Å². The standard InChI is InChI=1S/C21H25N3O3/c1-3-4-5-13-22-20(26)16-9-11-17(12-10-16)21(27)24-19-8-6-7-18(14-19)23-15(2)25/h6-12,14H,3-5,13H2,1-2H3,(H,22,26)(H,23,25)(H,24,27). The van der Waals surface area contributed by atoms with Gasteiger partial charge in [-0.05, 0) is 48.9 Å². The van der Waals surface area contributed by atoms with E-state index in [-0.39, 0.29) is 17.7 Å². The highest BCUT2D eigenvalue weighted by Gasteiger charge is 2.09. The molecule has 0 fully saturated rings. The van der Waals surface area contributed by atoms with Gasteiger partial charge in [-0.2, -0.15) is 0 Å². The quantitative estimate of drug-likeness (QED) is 0.620. The molecular formula is C21H25N3O3. The van der Waals surface area contributed by atoms with Gasteiger partial charge in [0.25, 0.3) is 11.8 Å². The van der Waals surface area contributed by atoms with E-state index in [0.29, 0.717) is 29.0 Å². The molecule has 0 aromatic heterocycles. The van der Waals surface area contributed by atoms with E-state index in [4.69, 9.17) is 0 Å². The predicted molar refractivity (Wildman–Crippen MR) is 107 cm³/mol. The highest BCUT2D eigenvalue weighted by molar-refractivity contribution is 6.05. The van der Waals surface area contributed by atoms with Crippen molar-refractivity contribution in [3.05, 3.63) is 59.7 Å². The summed E-state index contributed by atoms with van der Waals surface area (Å²) in [7, 11) is 0. The zero-order valence-electron chi connectivity index (χ0n) is 15.7. The van der Waals surface area contributed by atoms with E-state index in [1.807, 2.05) is 0 Å². The van der Waals surface area contributed by atoms with Crippen molar-refractivity contribution in [1.29, 1.82) is 0 Å². The minimum absolute atomic E-state index is 0.138. The number of amides is 3. The van der Waals surface area contributed by atoms with Crippen LogP contribution in [0.5, 0.6) is 0 Å². The Hall–Kier alpha value is -3.15. The van der Waals surface area contributed by atoms with E-state index in [2.05, 4.69) is 22.9 Å². The molecule has 0 aliphatic heterocycles. The SMILES string of the molecule is CCCCCNC(=O)c1ccc(C(=O)Nc2cccc(NC(C)=O)c2)cc1. The molecule has 3 amide bonds. The van der Waals surface area contributed by atoms with E-state index < -0.39 is 0 Å². The number of anilines is 2. The van der Waals surface area contributed by atoms with Gasteiger partial charge in [0.2, 0.25) is 5.91 Å². The monoisotopic (exact) mass is 367 g/mol. The summed E-state index contributed by atoms with van der Waals surface area (Å²) in [5.74, 6) is -0.604. The molecule has 0 saturated heterocycles. The summed E-state index contributed by atoms with van der Waals surface area (Å²) in [6, 6.07) is 13.4. The topological polar surface area (TPSA) is 87.3 Å². The molecule has 2 aromatic rings. The second-order valence-electron chi connectivity index (χ2n) is 6.26. The Bertz CT molecular complexity index is 801. The number of hydrogen-bond donors (Lipinski definition) is 3. The maximum atomic E-state index is 12.4. The first-order valence-electron chi connectivity index (χ1n) is 9.07. The van der Waals surface area contributed by atoms with Crippen molar-refractivity contribution in [1.82, 2.24) is 5.32 Å². The van der Waals surface area contributed by atoms with Crippen LogP contribution in [-0.4, -0.2) is 24.3 Å². The zero-order valence-corrected chi connectivity index (χ0v) is 15.7. The van der Waals surface area contributed by atoms with E-state index >= 15 is 0 Å². The molecule has 0 aliphatic rings. The molecule has 6 heteroatoms. The summed E-state index contributed by atoms with van der Waals surface area (Å²) in [5.41, 5.74) is 2.15. The summed E-state index contributed by atoms with van der Waals surface area (Å²) in [6.45, 7) is 4.19. The van der Waals surface area contributed by atoms with E-state index in [0.717, 1.165) is 19.3 Å². The molecule has 0 bridgehead atoms. The lowest BCUT2D eigenvalue weighted by atomic mass is 10.1. The van der Waals surface area contributed by atoms with Gasteiger partial charge < -0.3 is 16.0 Å². The summed E-state index contributed by atoms with van der Waals surface area (Å²) < 4.78 is 0. The molecule has 142 valence electrons. The first-order chi connectivity index (χ1) is 13.0. The Balaban J connectivity index is 1.95. The van der Waals surface area contributed by atoms with Crippen LogP contribution < -0.4 is 16.0 Å². The fourth-order valence-corrected chi connectivity index (χ4v) is 2.53. The lowest BCUT2D eigenvalue weighted by molar-refractivity contribution is -0.114. The van der Waals surface area contributed by atoms with Gasteiger partial charge in [-0.15, -0.1) is 0 Å². The van der Waals surface area contributed by atoms with Gasteiger partial charge in [0.05, 0.1) is 0 Å². The van der Waals surface area contributed by atoms with Gasteiger partial charge in [-0.1, -0.05) is 25.8 Å². The summed E-state index contributed by atoms with van der Waals surface area (Å²) >= 11 is 0. The average molecular weight is 367 g/mol. The van der Waals surface area contributed by atoms with Crippen LogP contribution in [0.4, 0.5) is 11.4 Å². The first kappa shape index (κ1) is 20.2. The van der Waals surface area contributed by atoms with Gasteiger partial charge in [0.15, 0.2) is 0 Å². The lowest BCUT2D eigenvalue weighted by Gasteiger charge is -2.09. The summed E-state index contributed by atoms with van der Waals surface area (Å²) in [6.07, 6.45) is 3.15. The molecule has 3 N–H and O–H groups in total. The minimum atomic E-state index is -0.287. The van der Waals surface area contributed by atoms with Crippen molar-refractivity contribution in [2.24, 2.45) is 0 Å². The van der Waals surface area contributed by atoms with Gasteiger partial charge in [-0.25, -0.2) is 0 Å². The first-order valence-corrected chi connectivity index (χ1v) is 9.07. The van der Waals surface area contributed by atoms with Crippen LogP contribution >= 0.6 is 0 Å². The molecule has 6 nitrogen and oxygen atoms in total.